The molecule has 1 N–H and O–H groups in total. The van der Waals surface area contributed by atoms with Gasteiger partial charge >= 0.3 is 0 Å². The second-order valence-electron chi connectivity index (χ2n) is 4.79. The van der Waals surface area contributed by atoms with E-state index in [1.807, 2.05) is 0 Å². The van der Waals surface area contributed by atoms with E-state index in [1.165, 1.54) is 11.3 Å². The van der Waals surface area contributed by atoms with Crippen molar-refractivity contribution in [3.63, 3.8) is 0 Å². The molecular weight excluding hydrogens is 208 g/mol. The topological polar surface area (TPSA) is 15.3 Å². The molecule has 2 nitrogen and oxygen atoms in total. The summed E-state index contributed by atoms with van der Waals surface area (Å²) >= 11 is 0. The van der Waals surface area contributed by atoms with E-state index in [9.17, 15) is 0 Å². The lowest BCUT2D eigenvalue weighted by Crippen LogP contribution is -2.33. The van der Waals surface area contributed by atoms with E-state index in [0.717, 1.165) is 26.2 Å². The molecule has 1 rings (SSSR count). The quantitative estimate of drug-likeness (QED) is 0.780. The van der Waals surface area contributed by atoms with Crippen molar-refractivity contribution in [3.05, 3.63) is 29.8 Å². The summed E-state index contributed by atoms with van der Waals surface area (Å²) in [6, 6.07) is 8.82. The van der Waals surface area contributed by atoms with Crippen LogP contribution in [0.25, 0.3) is 0 Å². The van der Waals surface area contributed by atoms with Crippen LogP contribution in [0.5, 0.6) is 0 Å². The molecule has 1 aromatic rings. The second kappa shape index (κ2) is 7.33. The molecule has 0 radical (unpaired) electrons. The van der Waals surface area contributed by atoms with Gasteiger partial charge < -0.3 is 10.2 Å². The highest BCUT2D eigenvalue weighted by molar-refractivity contribution is 5.47. The maximum atomic E-state index is 3.41. The van der Waals surface area contributed by atoms with Gasteiger partial charge in [0.15, 0.2) is 0 Å². The molecule has 0 heterocycles. The maximum Gasteiger partial charge on any atom is 0.0366 e. The van der Waals surface area contributed by atoms with E-state index < -0.39 is 0 Å². The van der Waals surface area contributed by atoms with Gasteiger partial charge in [0.25, 0.3) is 0 Å². The van der Waals surface area contributed by atoms with Crippen LogP contribution in [0.15, 0.2) is 24.3 Å². The molecule has 0 saturated heterocycles. The number of benzene rings is 1. The lowest BCUT2D eigenvalue weighted by atomic mass is 10.1. The minimum atomic E-state index is 0.677. The van der Waals surface area contributed by atoms with Crippen molar-refractivity contribution in [3.8, 4) is 0 Å². The molecule has 0 bridgehead atoms. The predicted molar refractivity (Wildman–Crippen MR) is 76.8 cm³/mol. The Morgan fingerprint density at radius 3 is 2.35 bits per heavy atom. The van der Waals surface area contributed by atoms with Gasteiger partial charge in [0.1, 0.15) is 0 Å². The lowest BCUT2D eigenvalue weighted by Gasteiger charge is -2.27. The molecule has 0 aliphatic rings. The lowest BCUT2D eigenvalue weighted by molar-refractivity contribution is 0.515. The highest BCUT2D eigenvalue weighted by atomic mass is 15.1. The van der Waals surface area contributed by atoms with Crippen LogP contribution in [0, 0.1) is 12.8 Å². The van der Waals surface area contributed by atoms with Crippen LogP contribution in [0.3, 0.4) is 0 Å². The Hall–Kier alpha value is -1.02. The summed E-state index contributed by atoms with van der Waals surface area (Å²) in [6.45, 7) is 13.2. The second-order valence-corrected chi connectivity index (χ2v) is 4.79. The summed E-state index contributed by atoms with van der Waals surface area (Å²) in [4.78, 5) is 2.45. The van der Waals surface area contributed by atoms with Gasteiger partial charge in [-0.25, -0.2) is 0 Å². The summed E-state index contributed by atoms with van der Waals surface area (Å²) in [5, 5.41) is 3.41. The van der Waals surface area contributed by atoms with Gasteiger partial charge in [0.05, 0.1) is 0 Å². The molecule has 0 aliphatic carbocycles. The van der Waals surface area contributed by atoms with Crippen molar-refractivity contribution in [1.29, 1.82) is 0 Å². The first-order valence-corrected chi connectivity index (χ1v) is 6.69. The monoisotopic (exact) mass is 234 g/mol. The molecule has 1 unspecified atom stereocenters. The van der Waals surface area contributed by atoms with E-state index in [0.29, 0.717) is 5.92 Å². The largest absolute Gasteiger partial charge is 0.371 e. The van der Waals surface area contributed by atoms with E-state index in [-0.39, 0.29) is 0 Å². The molecule has 1 atom stereocenters. The summed E-state index contributed by atoms with van der Waals surface area (Å²) in [5.74, 6) is 0.677. The van der Waals surface area contributed by atoms with Gasteiger partial charge in [-0.3, -0.25) is 0 Å². The van der Waals surface area contributed by atoms with Crippen molar-refractivity contribution >= 4 is 5.69 Å². The molecule has 0 spiro atoms. The summed E-state index contributed by atoms with van der Waals surface area (Å²) in [6.07, 6.45) is 0. The fourth-order valence-electron chi connectivity index (χ4n) is 2.00. The zero-order valence-electron chi connectivity index (χ0n) is 11.7. The van der Waals surface area contributed by atoms with Gasteiger partial charge in [0.2, 0.25) is 0 Å². The van der Waals surface area contributed by atoms with Crippen LogP contribution in [0.2, 0.25) is 0 Å². The molecule has 96 valence electrons. The number of nitrogens with one attached hydrogen (secondary N) is 1. The summed E-state index contributed by atoms with van der Waals surface area (Å²) < 4.78 is 0. The third-order valence-electron chi connectivity index (χ3n) is 3.06. The van der Waals surface area contributed by atoms with Gasteiger partial charge in [-0.15, -0.1) is 0 Å². The first-order chi connectivity index (χ1) is 8.17. The molecule has 0 fully saturated rings. The first kappa shape index (κ1) is 14.0. The zero-order chi connectivity index (χ0) is 12.7. The minimum Gasteiger partial charge on any atom is -0.371 e. The van der Waals surface area contributed by atoms with Gasteiger partial charge in [-0.1, -0.05) is 31.5 Å². The third-order valence-corrected chi connectivity index (χ3v) is 3.06. The SMILES string of the molecule is CCNCC(C)CN(CC)c1ccc(C)cc1. The van der Waals surface area contributed by atoms with Crippen molar-refractivity contribution in [2.75, 3.05) is 31.1 Å². The number of nitrogens with zero attached hydrogens (tertiary/aromatic N) is 1. The van der Waals surface area contributed by atoms with Crippen LogP contribution >= 0.6 is 0 Å². The standard InChI is InChI=1S/C15H26N2/c1-5-16-11-14(4)12-17(6-2)15-9-7-13(3)8-10-15/h7-10,14,16H,5-6,11-12H2,1-4H3. The molecule has 17 heavy (non-hydrogen) atoms. The Kier molecular flexibility index (Phi) is 6.06. The number of rotatable bonds is 7. The van der Waals surface area contributed by atoms with Crippen LogP contribution in [0.1, 0.15) is 26.3 Å². The fourth-order valence-corrected chi connectivity index (χ4v) is 2.00. The molecule has 0 aliphatic heterocycles. The predicted octanol–water partition coefficient (Wildman–Crippen LogP) is 3.07. The van der Waals surface area contributed by atoms with Gasteiger partial charge in [-0.05, 0) is 45.0 Å². The number of hydrogen-bond acceptors (Lipinski definition) is 2. The molecular formula is C15H26N2. The summed E-state index contributed by atoms with van der Waals surface area (Å²) in [5.41, 5.74) is 2.66. The molecule has 0 aromatic heterocycles. The third kappa shape index (κ3) is 4.78. The zero-order valence-corrected chi connectivity index (χ0v) is 11.7. The Labute approximate surface area is 106 Å². The Balaban J connectivity index is 2.56. The van der Waals surface area contributed by atoms with Crippen LogP contribution in [0.4, 0.5) is 5.69 Å². The van der Waals surface area contributed by atoms with Crippen molar-refractivity contribution in [2.45, 2.75) is 27.7 Å². The molecule has 0 saturated carbocycles. The van der Waals surface area contributed by atoms with Crippen LogP contribution in [-0.2, 0) is 0 Å². The molecule has 1 aromatic carbocycles. The molecule has 0 amide bonds. The number of aryl methyl sites for hydroxylation is 1. The van der Waals surface area contributed by atoms with Crippen molar-refractivity contribution in [2.24, 2.45) is 5.92 Å². The number of anilines is 1. The van der Waals surface area contributed by atoms with Crippen molar-refractivity contribution < 1.29 is 0 Å². The van der Waals surface area contributed by atoms with Gasteiger partial charge in [0, 0.05) is 18.8 Å². The van der Waals surface area contributed by atoms with E-state index in [2.05, 4.69) is 62.2 Å². The van der Waals surface area contributed by atoms with E-state index in [1.54, 1.807) is 0 Å². The highest BCUT2D eigenvalue weighted by Gasteiger charge is 2.08. The summed E-state index contributed by atoms with van der Waals surface area (Å²) in [7, 11) is 0. The van der Waals surface area contributed by atoms with E-state index in [4.69, 9.17) is 0 Å². The number of hydrogen-bond donors (Lipinski definition) is 1. The maximum absolute atomic E-state index is 3.41. The average Bonchev–Trinajstić information content (AvgIpc) is 2.34. The first-order valence-electron chi connectivity index (χ1n) is 6.69. The minimum absolute atomic E-state index is 0.677. The smallest absolute Gasteiger partial charge is 0.0366 e. The Morgan fingerprint density at radius 1 is 1.18 bits per heavy atom. The average molecular weight is 234 g/mol. The van der Waals surface area contributed by atoms with Crippen molar-refractivity contribution in [1.82, 2.24) is 5.32 Å². The normalized spacial score (nSPS) is 12.5. The highest BCUT2D eigenvalue weighted by Crippen LogP contribution is 2.16. The molecule has 2 heteroatoms. The Morgan fingerprint density at radius 2 is 1.82 bits per heavy atom. The van der Waals surface area contributed by atoms with Crippen LogP contribution < -0.4 is 10.2 Å². The van der Waals surface area contributed by atoms with Crippen LogP contribution in [-0.4, -0.2) is 26.2 Å². The fraction of sp³-hybridized carbons (Fsp3) is 0.600. The van der Waals surface area contributed by atoms with Gasteiger partial charge in [-0.2, -0.15) is 0 Å². The van der Waals surface area contributed by atoms with E-state index >= 15 is 0 Å². The Bertz CT molecular complexity index is 305.